The molecule has 1 unspecified atom stereocenters. The Kier molecular flexibility index (Phi) is 6.48. The van der Waals surface area contributed by atoms with Gasteiger partial charge in [0.1, 0.15) is 0 Å². The Hall–Kier alpha value is -4.51. The monoisotopic (exact) mass is 458 g/mol. The van der Waals surface area contributed by atoms with Crippen LogP contribution in [0.25, 0.3) is 0 Å². The van der Waals surface area contributed by atoms with E-state index in [1.165, 1.54) is 5.56 Å². The summed E-state index contributed by atoms with van der Waals surface area (Å²) in [7, 11) is 0. The number of benzene rings is 4. The van der Waals surface area contributed by atoms with Crippen molar-refractivity contribution >= 4 is 23.5 Å². The van der Waals surface area contributed by atoms with Crippen LogP contribution < -0.4 is 10.4 Å². The van der Waals surface area contributed by atoms with Gasteiger partial charge in [0.2, 0.25) is 0 Å². The first-order valence-electron chi connectivity index (χ1n) is 11.6. The summed E-state index contributed by atoms with van der Waals surface area (Å²) in [5, 5.41) is 11.2. The summed E-state index contributed by atoms with van der Waals surface area (Å²) < 4.78 is 0. The lowest BCUT2D eigenvalue weighted by atomic mass is 9.98. The Morgan fingerprint density at radius 3 is 2.23 bits per heavy atom. The molecule has 1 atom stereocenters. The van der Waals surface area contributed by atoms with E-state index in [0.717, 1.165) is 34.5 Å². The Morgan fingerprint density at radius 2 is 1.54 bits per heavy atom. The number of anilines is 1. The van der Waals surface area contributed by atoms with Gasteiger partial charge < -0.3 is 0 Å². The number of hydrogen-bond acceptors (Lipinski definition) is 4. The fraction of sp³-hybridized carbons (Fsp3) is 0.100. The zero-order chi connectivity index (χ0) is 24.0. The number of hydrazone groups is 2. The molecule has 1 aliphatic heterocycles. The van der Waals surface area contributed by atoms with Crippen molar-refractivity contribution in [3.8, 4) is 0 Å². The van der Waals surface area contributed by atoms with Crippen LogP contribution in [0, 0.1) is 6.92 Å². The van der Waals surface area contributed by atoms with Crippen molar-refractivity contribution in [2.45, 2.75) is 19.4 Å². The van der Waals surface area contributed by atoms with Gasteiger partial charge in [-0.05, 0) is 47.9 Å². The van der Waals surface area contributed by atoms with E-state index in [9.17, 15) is 4.79 Å². The van der Waals surface area contributed by atoms with Gasteiger partial charge in [-0.25, -0.2) is 5.43 Å². The standard InChI is InChI=1S/C30H26N4O/c1-22-12-16-26(17-13-22)30(35)32-31-21-23-14-18-27(19-15-23)34-29(25-10-6-3-7-11-25)20-28(33-34)24-8-4-2-5-9-24/h2-19,21,29H,20H2,1H3,(H,32,35)/b31-21+. The van der Waals surface area contributed by atoms with Gasteiger partial charge in [0.15, 0.2) is 0 Å². The zero-order valence-electron chi connectivity index (χ0n) is 19.5. The molecule has 1 amide bonds. The van der Waals surface area contributed by atoms with Crippen LogP contribution in [-0.2, 0) is 0 Å². The first-order valence-corrected chi connectivity index (χ1v) is 11.6. The van der Waals surface area contributed by atoms with Gasteiger partial charge in [0.25, 0.3) is 5.91 Å². The minimum Gasteiger partial charge on any atom is -0.267 e. The van der Waals surface area contributed by atoms with E-state index in [-0.39, 0.29) is 11.9 Å². The third kappa shape index (κ3) is 5.20. The smallest absolute Gasteiger partial charge is 0.267 e. The molecule has 1 aliphatic rings. The summed E-state index contributed by atoms with van der Waals surface area (Å²) in [5.41, 5.74) is 9.62. The SMILES string of the molecule is Cc1ccc(C(=O)N/N=C/c2ccc(N3N=C(c4ccccc4)CC3c3ccccc3)cc2)cc1. The lowest BCUT2D eigenvalue weighted by Crippen LogP contribution is -2.18. The van der Waals surface area contributed by atoms with Crippen LogP contribution in [0.15, 0.2) is 119 Å². The highest BCUT2D eigenvalue weighted by atomic mass is 16.2. The zero-order valence-corrected chi connectivity index (χ0v) is 19.5. The van der Waals surface area contributed by atoms with Crippen molar-refractivity contribution in [2.75, 3.05) is 5.01 Å². The van der Waals surface area contributed by atoms with E-state index in [1.54, 1.807) is 18.3 Å². The number of rotatable bonds is 6. The summed E-state index contributed by atoms with van der Waals surface area (Å²) in [5.74, 6) is -0.233. The summed E-state index contributed by atoms with van der Waals surface area (Å²) in [4.78, 5) is 12.2. The normalized spacial score (nSPS) is 15.3. The molecule has 4 aromatic carbocycles. The van der Waals surface area contributed by atoms with E-state index in [4.69, 9.17) is 5.10 Å². The number of hydrogen-bond donors (Lipinski definition) is 1. The molecule has 5 rings (SSSR count). The first-order chi connectivity index (χ1) is 17.2. The fourth-order valence-corrected chi connectivity index (χ4v) is 4.14. The molecule has 0 bridgehead atoms. The average molecular weight is 459 g/mol. The Balaban J connectivity index is 1.33. The van der Waals surface area contributed by atoms with Crippen LogP contribution >= 0.6 is 0 Å². The van der Waals surface area contributed by atoms with Crippen LogP contribution in [0.3, 0.4) is 0 Å². The average Bonchev–Trinajstić information content (AvgIpc) is 3.36. The van der Waals surface area contributed by atoms with E-state index < -0.39 is 0 Å². The van der Waals surface area contributed by atoms with Crippen LogP contribution in [0.5, 0.6) is 0 Å². The van der Waals surface area contributed by atoms with E-state index in [1.807, 2.05) is 67.6 Å². The summed E-state index contributed by atoms with van der Waals surface area (Å²) in [6, 6.07) is 36.4. The van der Waals surface area contributed by atoms with Gasteiger partial charge in [-0.2, -0.15) is 10.2 Å². The number of carbonyl (C=O) groups excluding carboxylic acids is 1. The molecule has 172 valence electrons. The lowest BCUT2D eigenvalue weighted by Gasteiger charge is -2.24. The molecule has 0 spiro atoms. The van der Waals surface area contributed by atoms with Crippen LogP contribution in [0.1, 0.15) is 45.1 Å². The molecular formula is C30H26N4O. The quantitative estimate of drug-likeness (QED) is 0.280. The van der Waals surface area contributed by atoms with Crippen LogP contribution in [-0.4, -0.2) is 17.8 Å². The minimum absolute atomic E-state index is 0.125. The topological polar surface area (TPSA) is 57.1 Å². The fourth-order valence-electron chi connectivity index (χ4n) is 4.14. The van der Waals surface area contributed by atoms with Gasteiger partial charge in [-0.3, -0.25) is 9.80 Å². The molecule has 0 radical (unpaired) electrons. The molecule has 0 aromatic heterocycles. The maximum absolute atomic E-state index is 12.2. The van der Waals surface area contributed by atoms with E-state index >= 15 is 0 Å². The van der Waals surface area contributed by atoms with Gasteiger partial charge in [0, 0.05) is 12.0 Å². The minimum atomic E-state index is -0.233. The number of nitrogens with one attached hydrogen (secondary N) is 1. The molecule has 35 heavy (non-hydrogen) atoms. The van der Waals surface area contributed by atoms with Crippen molar-refractivity contribution in [1.82, 2.24) is 5.43 Å². The van der Waals surface area contributed by atoms with Gasteiger partial charge in [-0.1, -0.05) is 90.5 Å². The molecular weight excluding hydrogens is 432 g/mol. The second kappa shape index (κ2) is 10.2. The molecule has 5 heteroatoms. The Labute approximate surface area is 205 Å². The summed E-state index contributed by atoms with van der Waals surface area (Å²) >= 11 is 0. The lowest BCUT2D eigenvalue weighted by molar-refractivity contribution is 0.0955. The molecule has 0 fully saturated rings. The van der Waals surface area contributed by atoms with Gasteiger partial charge in [0.05, 0.1) is 23.7 Å². The Bertz CT molecular complexity index is 1350. The number of amides is 1. The number of aryl methyl sites for hydroxylation is 1. The highest BCUT2D eigenvalue weighted by Gasteiger charge is 2.29. The highest BCUT2D eigenvalue weighted by Crippen LogP contribution is 2.36. The van der Waals surface area contributed by atoms with Crippen molar-refractivity contribution < 1.29 is 4.79 Å². The molecule has 0 saturated carbocycles. The third-order valence-corrected chi connectivity index (χ3v) is 6.05. The third-order valence-electron chi connectivity index (χ3n) is 6.05. The Morgan fingerprint density at radius 1 is 0.886 bits per heavy atom. The van der Waals surface area contributed by atoms with Gasteiger partial charge in [-0.15, -0.1) is 0 Å². The maximum Gasteiger partial charge on any atom is 0.271 e. The summed E-state index contributed by atoms with van der Waals surface area (Å²) in [6.07, 6.45) is 2.48. The molecule has 4 aromatic rings. The maximum atomic E-state index is 12.2. The predicted octanol–water partition coefficient (Wildman–Crippen LogP) is 6.11. The largest absolute Gasteiger partial charge is 0.271 e. The van der Waals surface area contributed by atoms with Crippen molar-refractivity contribution in [1.29, 1.82) is 0 Å². The van der Waals surface area contributed by atoms with Crippen molar-refractivity contribution in [3.05, 3.63) is 137 Å². The van der Waals surface area contributed by atoms with Crippen LogP contribution in [0.4, 0.5) is 5.69 Å². The second-order valence-electron chi connectivity index (χ2n) is 8.54. The van der Waals surface area contributed by atoms with Crippen molar-refractivity contribution in [3.63, 3.8) is 0 Å². The van der Waals surface area contributed by atoms with E-state index in [0.29, 0.717) is 5.56 Å². The number of carbonyl (C=O) groups is 1. The summed E-state index contributed by atoms with van der Waals surface area (Å²) in [6.45, 7) is 1.99. The first kappa shape index (κ1) is 22.3. The van der Waals surface area contributed by atoms with E-state index in [2.05, 4.69) is 51.9 Å². The van der Waals surface area contributed by atoms with Gasteiger partial charge >= 0.3 is 0 Å². The predicted molar refractivity (Wildman–Crippen MR) is 142 cm³/mol. The van der Waals surface area contributed by atoms with Crippen LogP contribution in [0.2, 0.25) is 0 Å². The number of nitrogens with zero attached hydrogens (tertiary/aromatic N) is 3. The second-order valence-corrected chi connectivity index (χ2v) is 8.54. The molecule has 0 aliphatic carbocycles. The molecule has 5 nitrogen and oxygen atoms in total. The molecule has 0 saturated heterocycles. The van der Waals surface area contributed by atoms with Crippen molar-refractivity contribution in [2.24, 2.45) is 10.2 Å². The molecule has 1 N–H and O–H groups in total. The molecule has 1 heterocycles. The highest BCUT2D eigenvalue weighted by molar-refractivity contribution is 6.03.